The maximum absolute atomic E-state index is 13.5. The molecular formula is C11H10FN3O2S. The molecule has 0 radical (unpaired) electrons. The number of aromatic nitrogens is 1. The van der Waals surface area contributed by atoms with E-state index >= 15 is 0 Å². The van der Waals surface area contributed by atoms with Gasteiger partial charge < -0.3 is 5.32 Å². The maximum Gasteiger partial charge on any atom is 0.295 e. The Kier molecular flexibility index (Phi) is 3.52. The van der Waals surface area contributed by atoms with Crippen LogP contribution in [0.5, 0.6) is 0 Å². The third kappa shape index (κ3) is 2.62. The minimum absolute atomic E-state index is 0.104. The number of nitrogens with zero attached hydrogens (tertiary/aromatic N) is 2. The normalized spacial score (nSPS) is 10.3. The van der Waals surface area contributed by atoms with Crippen LogP contribution < -0.4 is 5.32 Å². The molecule has 0 aliphatic heterocycles. The number of benzene rings is 1. The van der Waals surface area contributed by atoms with Crippen molar-refractivity contribution in [1.82, 2.24) is 4.98 Å². The fourth-order valence-corrected chi connectivity index (χ4v) is 2.12. The number of rotatable bonds is 4. The number of nitro groups is 1. The van der Waals surface area contributed by atoms with Gasteiger partial charge in [0.1, 0.15) is 5.69 Å². The molecule has 2 rings (SSSR count). The third-order valence-electron chi connectivity index (χ3n) is 2.30. The molecule has 0 saturated heterocycles. The molecule has 0 aliphatic rings. The number of hydrogen-bond donors (Lipinski definition) is 1. The Morgan fingerprint density at radius 3 is 2.94 bits per heavy atom. The van der Waals surface area contributed by atoms with Crippen molar-refractivity contribution in [1.29, 1.82) is 0 Å². The minimum atomic E-state index is -0.642. The van der Waals surface area contributed by atoms with Crippen LogP contribution in [0.3, 0.4) is 0 Å². The summed E-state index contributed by atoms with van der Waals surface area (Å²) in [6.45, 7) is 2.12. The van der Waals surface area contributed by atoms with Crippen molar-refractivity contribution >= 4 is 22.7 Å². The Hall–Kier alpha value is -2.02. The lowest BCUT2D eigenvalue weighted by Crippen LogP contribution is -2.05. The predicted molar refractivity (Wildman–Crippen MR) is 67.2 cm³/mol. The van der Waals surface area contributed by atoms with Crippen LogP contribution >= 0.6 is 11.3 Å². The van der Waals surface area contributed by atoms with E-state index in [1.54, 1.807) is 0 Å². The van der Waals surface area contributed by atoms with E-state index in [1.807, 2.05) is 12.3 Å². The number of hydrogen-bond acceptors (Lipinski definition) is 5. The van der Waals surface area contributed by atoms with Crippen LogP contribution in [-0.4, -0.2) is 9.91 Å². The molecule has 5 nitrogen and oxygen atoms in total. The highest BCUT2D eigenvalue weighted by Crippen LogP contribution is 2.27. The highest BCUT2D eigenvalue weighted by atomic mass is 32.1. The van der Waals surface area contributed by atoms with Crippen molar-refractivity contribution in [2.75, 3.05) is 5.32 Å². The van der Waals surface area contributed by atoms with Gasteiger partial charge >= 0.3 is 0 Å². The van der Waals surface area contributed by atoms with Crippen LogP contribution in [0.1, 0.15) is 10.7 Å². The van der Waals surface area contributed by atoms with Crippen LogP contribution in [0.15, 0.2) is 23.6 Å². The molecule has 18 heavy (non-hydrogen) atoms. The Labute approximate surface area is 106 Å². The summed E-state index contributed by atoms with van der Waals surface area (Å²) in [6, 6.07) is 3.75. The van der Waals surface area contributed by atoms with E-state index in [9.17, 15) is 14.5 Å². The first-order valence-electron chi connectivity index (χ1n) is 5.15. The second kappa shape index (κ2) is 5.09. The van der Waals surface area contributed by atoms with Crippen molar-refractivity contribution in [2.45, 2.75) is 13.5 Å². The van der Waals surface area contributed by atoms with E-state index in [4.69, 9.17) is 0 Å². The molecule has 1 N–H and O–H groups in total. The zero-order valence-corrected chi connectivity index (χ0v) is 10.3. The van der Waals surface area contributed by atoms with E-state index in [2.05, 4.69) is 10.3 Å². The highest BCUT2D eigenvalue weighted by Gasteiger charge is 2.17. The first-order chi connectivity index (χ1) is 8.58. The van der Waals surface area contributed by atoms with E-state index in [0.717, 1.165) is 10.7 Å². The summed E-state index contributed by atoms with van der Waals surface area (Å²) in [5, 5.41) is 16.2. The Morgan fingerprint density at radius 1 is 1.56 bits per heavy atom. The van der Waals surface area contributed by atoms with Crippen molar-refractivity contribution in [2.24, 2.45) is 0 Å². The summed E-state index contributed by atoms with van der Waals surface area (Å²) in [4.78, 5) is 14.4. The summed E-state index contributed by atoms with van der Waals surface area (Å²) in [7, 11) is 0. The summed E-state index contributed by atoms with van der Waals surface area (Å²) in [5.74, 6) is -0.642. The van der Waals surface area contributed by atoms with Gasteiger partial charge in [0.25, 0.3) is 5.69 Å². The number of halogens is 1. The van der Waals surface area contributed by atoms with Crippen molar-refractivity contribution in [3.63, 3.8) is 0 Å². The topological polar surface area (TPSA) is 68.1 Å². The number of aryl methyl sites for hydroxylation is 1. The summed E-state index contributed by atoms with van der Waals surface area (Å²) in [5.41, 5.74) is 0.352. The second-order valence-electron chi connectivity index (χ2n) is 3.60. The zero-order chi connectivity index (χ0) is 13.1. The SMILES string of the molecule is Cc1nc(CNc2c(F)cccc2[N+](=O)[O-])cs1. The predicted octanol–water partition coefficient (Wildman–Crippen LogP) is 3.11. The van der Waals surface area contributed by atoms with Crippen LogP contribution in [0.2, 0.25) is 0 Å². The van der Waals surface area contributed by atoms with E-state index in [0.29, 0.717) is 0 Å². The van der Waals surface area contributed by atoms with Gasteiger partial charge in [-0.2, -0.15) is 0 Å². The first-order valence-corrected chi connectivity index (χ1v) is 6.03. The summed E-state index contributed by atoms with van der Waals surface area (Å²) >= 11 is 1.48. The van der Waals surface area contributed by atoms with Crippen molar-refractivity contribution in [3.8, 4) is 0 Å². The van der Waals surface area contributed by atoms with Crippen molar-refractivity contribution < 1.29 is 9.31 Å². The molecule has 0 amide bonds. The number of para-hydroxylation sites is 1. The molecule has 1 aromatic heterocycles. The van der Waals surface area contributed by atoms with Gasteiger partial charge in [0.05, 0.1) is 22.2 Å². The fourth-order valence-electron chi connectivity index (χ4n) is 1.51. The van der Waals surface area contributed by atoms with E-state index < -0.39 is 10.7 Å². The summed E-state index contributed by atoms with van der Waals surface area (Å²) < 4.78 is 13.5. The van der Waals surface area contributed by atoms with Crippen LogP contribution in [0, 0.1) is 22.9 Å². The monoisotopic (exact) mass is 267 g/mol. The maximum atomic E-state index is 13.5. The van der Waals surface area contributed by atoms with Gasteiger partial charge in [-0.3, -0.25) is 10.1 Å². The molecular weight excluding hydrogens is 257 g/mol. The van der Waals surface area contributed by atoms with Gasteiger partial charge in [-0.25, -0.2) is 9.37 Å². The molecule has 0 fully saturated rings. The number of thiazole rings is 1. The lowest BCUT2D eigenvalue weighted by molar-refractivity contribution is -0.384. The molecule has 7 heteroatoms. The minimum Gasteiger partial charge on any atom is -0.371 e. The smallest absolute Gasteiger partial charge is 0.295 e. The molecule has 2 aromatic rings. The molecule has 1 aromatic carbocycles. The second-order valence-corrected chi connectivity index (χ2v) is 4.66. The lowest BCUT2D eigenvalue weighted by Gasteiger charge is -2.06. The van der Waals surface area contributed by atoms with Gasteiger partial charge in [0.2, 0.25) is 0 Å². The molecule has 0 bridgehead atoms. The first kappa shape index (κ1) is 12.4. The van der Waals surface area contributed by atoms with Crippen LogP contribution in [0.25, 0.3) is 0 Å². The van der Waals surface area contributed by atoms with Gasteiger partial charge in [0, 0.05) is 11.4 Å². The molecule has 94 valence electrons. The lowest BCUT2D eigenvalue weighted by atomic mass is 10.2. The van der Waals surface area contributed by atoms with Gasteiger partial charge in [-0.15, -0.1) is 11.3 Å². The standard InChI is InChI=1S/C11H10FN3O2S/c1-7-14-8(6-18-7)5-13-11-9(12)3-2-4-10(11)15(16)17/h2-4,6,13H,5H2,1H3. The van der Waals surface area contributed by atoms with Crippen LogP contribution in [-0.2, 0) is 6.54 Å². The Balaban J connectivity index is 2.20. The average Bonchev–Trinajstić information content (AvgIpc) is 2.73. The van der Waals surface area contributed by atoms with Crippen molar-refractivity contribution in [3.05, 3.63) is 50.2 Å². The van der Waals surface area contributed by atoms with Gasteiger partial charge in [-0.05, 0) is 13.0 Å². The quantitative estimate of drug-likeness (QED) is 0.682. The number of anilines is 1. The molecule has 0 unspecified atom stereocenters. The Morgan fingerprint density at radius 2 is 2.33 bits per heavy atom. The molecule has 0 saturated carbocycles. The summed E-state index contributed by atoms with van der Waals surface area (Å²) in [6.07, 6.45) is 0. The average molecular weight is 267 g/mol. The number of nitrogens with one attached hydrogen (secondary N) is 1. The Bertz CT molecular complexity index is 585. The molecule has 1 heterocycles. The fraction of sp³-hybridized carbons (Fsp3) is 0.182. The van der Waals surface area contributed by atoms with E-state index in [1.165, 1.54) is 29.5 Å². The number of nitro benzene ring substituents is 1. The van der Waals surface area contributed by atoms with Gasteiger partial charge in [-0.1, -0.05) is 6.07 Å². The molecule has 0 spiro atoms. The highest BCUT2D eigenvalue weighted by molar-refractivity contribution is 7.09. The third-order valence-corrected chi connectivity index (χ3v) is 3.12. The zero-order valence-electron chi connectivity index (χ0n) is 9.51. The largest absolute Gasteiger partial charge is 0.371 e. The van der Waals surface area contributed by atoms with Gasteiger partial charge in [0.15, 0.2) is 5.82 Å². The molecule has 0 aliphatic carbocycles. The van der Waals surface area contributed by atoms with E-state index in [-0.39, 0.29) is 17.9 Å². The molecule has 0 atom stereocenters. The van der Waals surface area contributed by atoms with Crippen LogP contribution in [0.4, 0.5) is 15.8 Å².